The van der Waals surface area contributed by atoms with E-state index >= 15 is 0 Å². The molecular weight excluding hydrogens is 347 g/mol. The fourth-order valence-electron chi connectivity index (χ4n) is 2.26. The number of nitrogens with one attached hydrogen (secondary N) is 1. The molecule has 0 spiro atoms. The monoisotopic (exact) mass is 364 g/mol. The first-order valence-corrected chi connectivity index (χ1v) is 8.27. The van der Waals surface area contributed by atoms with E-state index in [0.717, 1.165) is 5.56 Å². The summed E-state index contributed by atoms with van der Waals surface area (Å²) >= 11 is 12.1. The van der Waals surface area contributed by atoms with Gasteiger partial charge in [-0.05, 0) is 38.1 Å². The van der Waals surface area contributed by atoms with Crippen molar-refractivity contribution in [1.82, 2.24) is 4.90 Å². The number of hydrogen-bond acceptors (Lipinski definition) is 2. The minimum absolute atomic E-state index is 0.0785. The van der Waals surface area contributed by atoms with E-state index in [0.29, 0.717) is 27.8 Å². The lowest BCUT2D eigenvalue weighted by atomic mass is 10.1. The van der Waals surface area contributed by atoms with Crippen molar-refractivity contribution >= 4 is 40.7 Å². The Hall–Kier alpha value is -2.04. The molecule has 0 aliphatic rings. The molecule has 0 bridgehead atoms. The van der Waals surface area contributed by atoms with E-state index in [-0.39, 0.29) is 18.4 Å². The van der Waals surface area contributed by atoms with Gasteiger partial charge in [-0.25, -0.2) is 0 Å². The zero-order valence-electron chi connectivity index (χ0n) is 13.5. The standard InChI is InChI=1S/C18H18Cl2N2O2/c1-3-22(18(24)13-7-4-6-12(2)10-13)11-16(23)21-17-14(19)8-5-9-15(17)20/h4-10H,3,11H2,1-2H3,(H,21,23). The smallest absolute Gasteiger partial charge is 0.254 e. The van der Waals surface area contributed by atoms with Crippen LogP contribution in [0, 0.1) is 6.92 Å². The summed E-state index contributed by atoms with van der Waals surface area (Å²) < 4.78 is 0. The minimum atomic E-state index is -0.354. The predicted octanol–water partition coefficient (Wildman–Crippen LogP) is 4.40. The summed E-state index contributed by atoms with van der Waals surface area (Å²) in [5, 5.41) is 3.37. The first kappa shape index (κ1) is 18.3. The summed E-state index contributed by atoms with van der Waals surface area (Å²) in [6.45, 7) is 4.07. The summed E-state index contributed by atoms with van der Waals surface area (Å²) in [5.74, 6) is -0.547. The first-order valence-electron chi connectivity index (χ1n) is 7.52. The van der Waals surface area contributed by atoms with Gasteiger partial charge in [0.15, 0.2) is 0 Å². The number of amides is 2. The topological polar surface area (TPSA) is 49.4 Å². The van der Waals surface area contributed by atoms with Crippen LogP contribution in [-0.4, -0.2) is 29.8 Å². The molecule has 6 heteroatoms. The van der Waals surface area contributed by atoms with Crippen molar-refractivity contribution in [3.8, 4) is 0 Å². The molecular formula is C18H18Cl2N2O2. The number of carbonyl (C=O) groups excluding carboxylic acids is 2. The number of nitrogens with zero attached hydrogens (tertiary/aromatic N) is 1. The minimum Gasteiger partial charge on any atom is -0.330 e. The third kappa shape index (κ3) is 4.49. The highest BCUT2D eigenvalue weighted by atomic mass is 35.5. The van der Waals surface area contributed by atoms with E-state index in [1.165, 1.54) is 4.90 Å². The molecule has 0 radical (unpaired) electrons. The predicted molar refractivity (Wildman–Crippen MR) is 97.8 cm³/mol. The molecule has 2 aromatic carbocycles. The maximum atomic E-state index is 12.5. The molecule has 24 heavy (non-hydrogen) atoms. The van der Waals surface area contributed by atoms with Gasteiger partial charge in [0.2, 0.25) is 5.91 Å². The van der Waals surface area contributed by atoms with Gasteiger partial charge in [-0.2, -0.15) is 0 Å². The van der Waals surface area contributed by atoms with Crippen LogP contribution < -0.4 is 5.32 Å². The molecule has 0 atom stereocenters. The molecule has 0 aliphatic carbocycles. The Balaban J connectivity index is 2.09. The van der Waals surface area contributed by atoms with Crippen molar-refractivity contribution < 1.29 is 9.59 Å². The number of carbonyl (C=O) groups is 2. The van der Waals surface area contributed by atoms with Crippen LogP contribution in [0.3, 0.4) is 0 Å². The van der Waals surface area contributed by atoms with E-state index in [1.54, 1.807) is 30.3 Å². The maximum Gasteiger partial charge on any atom is 0.254 e. The average Bonchev–Trinajstić information content (AvgIpc) is 2.55. The SMILES string of the molecule is CCN(CC(=O)Nc1c(Cl)cccc1Cl)C(=O)c1cccc(C)c1. The molecule has 0 saturated heterocycles. The lowest BCUT2D eigenvalue weighted by Crippen LogP contribution is -2.38. The molecule has 2 rings (SSSR count). The largest absolute Gasteiger partial charge is 0.330 e. The summed E-state index contributed by atoms with van der Waals surface area (Å²) in [6, 6.07) is 12.2. The lowest BCUT2D eigenvalue weighted by Gasteiger charge is -2.21. The molecule has 4 nitrogen and oxygen atoms in total. The number of likely N-dealkylation sites (N-methyl/N-ethyl adjacent to an activating group) is 1. The molecule has 0 unspecified atom stereocenters. The molecule has 0 saturated carbocycles. The van der Waals surface area contributed by atoms with Gasteiger partial charge in [-0.15, -0.1) is 0 Å². The van der Waals surface area contributed by atoms with Gasteiger partial charge in [-0.3, -0.25) is 9.59 Å². The van der Waals surface area contributed by atoms with Gasteiger partial charge in [0.1, 0.15) is 6.54 Å². The van der Waals surface area contributed by atoms with Crippen LogP contribution in [-0.2, 0) is 4.79 Å². The third-order valence-corrected chi connectivity index (χ3v) is 4.13. The lowest BCUT2D eigenvalue weighted by molar-refractivity contribution is -0.116. The average molecular weight is 365 g/mol. The Morgan fingerprint density at radius 1 is 1.08 bits per heavy atom. The van der Waals surface area contributed by atoms with E-state index in [9.17, 15) is 9.59 Å². The Kier molecular flexibility index (Phi) is 6.23. The second-order valence-corrected chi connectivity index (χ2v) is 6.15. The Morgan fingerprint density at radius 2 is 1.71 bits per heavy atom. The van der Waals surface area contributed by atoms with Gasteiger partial charge < -0.3 is 10.2 Å². The van der Waals surface area contributed by atoms with Crippen molar-refractivity contribution in [1.29, 1.82) is 0 Å². The fraction of sp³-hybridized carbons (Fsp3) is 0.222. The quantitative estimate of drug-likeness (QED) is 0.854. The number of hydrogen-bond donors (Lipinski definition) is 1. The van der Waals surface area contributed by atoms with Crippen LogP contribution in [0.4, 0.5) is 5.69 Å². The highest BCUT2D eigenvalue weighted by molar-refractivity contribution is 6.39. The van der Waals surface area contributed by atoms with Crippen LogP contribution in [0.5, 0.6) is 0 Å². The summed E-state index contributed by atoms with van der Waals surface area (Å²) in [4.78, 5) is 26.3. The zero-order chi connectivity index (χ0) is 17.7. The first-order chi connectivity index (χ1) is 11.4. The van der Waals surface area contributed by atoms with Crippen molar-refractivity contribution in [2.24, 2.45) is 0 Å². The van der Waals surface area contributed by atoms with Crippen LogP contribution in [0.15, 0.2) is 42.5 Å². The Bertz CT molecular complexity index is 742. The van der Waals surface area contributed by atoms with Gasteiger partial charge >= 0.3 is 0 Å². The van der Waals surface area contributed by atoms with E-state index < -0.39 is 0 Å². The number of benzene rings is 2. The number of para-hydroxylation sites is 1. The molecule has 2 amide bonds. The highest BCUT2D eigenvalue weighted by Crippen LogP contribution is 2.29. The van der Waals surface area contributed by atoms with Crippen LogP contribution in [0.2, 0.25) is 10.0 Å². The zero-order valence-corrected chi connectivity index (χ0v) is 15.0. The van der Waals surface area contributed by atoms with E-state index in [2.05, 4.69) is 5.32 Å². The van der Waals surface area contributed by atoms with Crippen LogP contribution in [0.1, 0.15) is 22.8 Å². The molecule has 0 aliphatic heterocycles. The van der Waals surface area contributed by atoms with Gasteiger partial charge in [0.25, 0.3) is 5.91 Å². The second-order valence-electron chi connectivity index (χ2n) is 5.33. The summed E-state index contributed by atoms with van der Waals surface area (Å²) in [7, 11) is 0. The fourth-order valence-corrected chi connectivity index (χ4v) is 2.75. The summed E-state index contributed by atoms with van der Waals surface area (Å²) in [5.41, 5.74) is 1.90. The normalized spacial score (nSPS) is 10.3. The van der Waals surface area contributed by atoms with E-state index in [1.807, 2.05) is 26.0 Å². The van der Waals surface area contributed by atoms with Crippen molar-refractivity contribution in [3.05, 3.63) is 63.6 Å². The number of halogens is 2. The summed E-state index contributed by atoms with van der Waals surface area (Å²) in [6.07, 6.45) is 0. The molecule has 126 valence electrons. The molecule has 0 fully saturated rings. The number of anilines is 1. The Labute approximate surface area is 151 Å². The van der Waals surface area contributed by atoms with E-state index in [4.69, 9.17) is 23.2 Å². The van der Waals surface area contributed by atoms with Gasteiger partial charge in [0, 0.05) is 12.1 Å². The third-order valence-electron chi connectivity index (χ3n) is 3.50. The van der Waals surface area contributed by atoms with Crippen molar-refractivity contribution in [3.63, 3.8) is 0 Å². The van der Waals surface area contributed by atoms with Gasteiger partial charge in [-0.1, -0.05) is 47.0 Å². The van der Waals surface area contributed by atoms with Crippen molar-refractivity contribution in [2.75, 3.05) is 18.4 Å². The molecule has 1 N–H and O–H groups in total. The molecule has 2 aromatic rings. The van der Waals surface area contributed by atoms with Gasteiger partial charge in [0.05, 0.1) is 15.7 Å². The Morgan fingerprint density at radius 3 is 2.29 bits per heavy atom. The van der Waals surface area contributed by atoms with Crippen LogP contribution in [0.25, 0.3) is 0 Å². The second kappa shape index (κ2) is 8.18. The van der Waals surface area contributed by atoms with Crippen LogP contribution >= 0.6 is 23.2 Å². The van der Waals surface area contributed by atoms with Crippen molar-refractivity contribution in [2.45, 2.75) is 13.8 Å². The molecule has 0 aromatic heterocycles. The maximum absolute atomic E-state index is 12.5. The highest BCUT2D eigenvalue weighted by Gasteiger charge is 2.18. The number of aryl methyl sites for hydroxylation is 1. The molecule has 0 heterocycles. The number of rotatable bonds is 5.